The topological polar surface area (TPSA) is 78.9 Å². The molecule has 0 N–H and O–H groups in total. The Morgan fingerprint density at radius 2 is 1.17 bits per heavy atom. The molecule has 0 bridgehead atoms. The number of carbonyl (C=O) groups is 2. The molecule has 0 aromatic heterocycles. The van der Waals surface area contributed by atoms with Gasteiger partial charge in [0.1, 0.15) is 0 Å². The highest BCUT2D eigenvalue weighted by atomic mass is 32.2. The van der Waals surface area contributed by atoms with Gasteiger partial charge in [-0.1, -0.05) is 65.1 Å². The molecule has 9 heteroatoms. The number of phosphoric ester groups is 1. The molecule has 0 aliphatic heterocycles. The average Bonchev–Trinajstić information content (AvgIpc) is 2.45. The molecule has 0 aromatic rings. The number of rotatable bonds is 9. The van der Waals surface area contributed by atoms with Crippen LogP contribution in [0.1, 0.15) is 41.5 Å². The first kappa shape index (κ1) is 24.1. The van der Waals surface area contributed by atoms with Gasteiger partial charge in [0.25, 0.3) is 0 Å². The van der Waals surface area contributed by atoms with Gasteiger partial charge in [-0.25, -0.2) is 4.57 Å². The summed E-state index contributed by atoms with van der Waals surface area (Å²) in [6, 6.07) is 0. The van der Waals surface area contributed by atoms with E-state index in [2.05, 4.69) is 0 Å². The van der Waals surface area contributed by atoms with Crippen LogP contribution < -0.4 is 0 Å². The van der Waals surface area contributed by atoms with E-state index in [4.69, 9.17) is 13.6 Å². The van der Waals surface area contributed by atoms with Crippen molar-refractivity contribution in [3.63, 3.8) is 0 Å². The Labute approximate surface area is 153 Å². The zero-order valence-corrected chi connectivity index (χ0v) is 18.1. The van der Waals surface area contributed by atoms with Crippen molar-refractivity contribution < 1.29 is 27.7 Å². The molecule has 0 aliphatic rings. The first-order valence-corrected chi connectivity index (χ1v) is 11.0. The molecule has 0 heterocycles. The Morgan fingerprint density at radius 3 is 1.42 bits per heavy atom. The van der Waals surface area contributed by atoms with Crippen molar-refractivity contribution in [1.82, 2.24) is 0 Å². The maximum atomic E-state index is 12.2. The van der Waals surface area contributed by atoms with Crippen LogP contribution >= 0.6 is 31.3 Å². The van der Waals surface area contributed by atoms with Crippen molar-refractivity contribution in [2.45, 2.75) is 41.5 Å². The average molecular weight is 400 g/mol. The molecule has 0 aliphatic carbocycles. The predicted octanol–water partition coefficient (Wildman–Crippen LogP) is 4.39. The molecule has 142 valence electrons. The quantitative estimate of drug-likeness (QED) is 0.417. The number of carbonyl (C=O) groups excluding carboxylic acids is 2. The van der Waals surface area contributed by atoms with E-state index in [1.807, 2.05) is 41.5 Å². The van der Waals surface area contributed by atoms with Crippen LogP contribution in [0.15, 0.2) is 0 Å². The van der Waals surface area contributed by atoms with Crippen LogP contribution in [-0.2, 0) is 27.7 Å². The Bertz CT molecular complexity index is 430. The molecule has 0 atom stereocenters. The molecule has 0 saturated carbocycles. The fourth-order valence-electron chi connectivity index (χ4n) is 1.14. The standard InChI is InChI=1S/C15H29O6PS2/c1-14(2,3)12(16)23-10-8-20-22(18,19-7)21-9-11-24-13(17)15(4,5)6/h8-11H2,1-7H3. The number of thioether (sulfide) groups is 2. The summed E-state index contributed by atoms with van der Waals surface area (Å²) in [4.78, 5) is 23.5. The van der Waals surface area contributed by atoms with Crippen LogP contribution in [-0.4, -0.2) is 42.1 Å². The summed E-state index contributed by atoms with van der Waals surface area (Å²) in [6.45, 7) is 11.2. The second kappa shape index (κ2) is 10.3. The van der Waals surface area contributed by atoms with Crippen LogP contribution in [0.5, 0.6) is 0 Å². The minimum Gasteiger partial charge on any atom is -0.290 e. The molecule has 0 fully saturated rings. The monoisotopic (exact) mass is 400 g/mol. The predicted molar refractivity (Wildman–Crippen MR) is 100 cm³/mol. The Kier molecular flexibility index (Phi) is 10.4. The Morgan fingerprint density at radius 1 is 0.833 bits per heavy atom. The minimum atomic E-state index is -3.65. The lowest BCUT2D eigenvalue weighted by Gasteiger charge is -2.18. The van der Waals surface area contributed by atoms with Crippen molar-refractivity contribution in [1.29, 1.82) is 0 Å². The first-order valence-electron chi connectivity index (χ1n) is 7.61. The normalized spacial score (nSPS) is 13.1. The van der Waals surface area contributed by atoms with Gasteiger partial charge < -0.3 is 0 Å². The molecule has 0 rings (SSSR count). The summed E-state index contributed by atoms with van der Waals surface area (Å²) in [5.74, 6) is 0.730. The van der Waals surface area contributed by atoms with E-state index in [1.54, 1.807) is 0 Å². The van der Waals surface area contributed by atoms with Gasteiger partial charge in [-0.05, 0) is 0 Å². The number of hydrogen-bond acceptors (Lipinski definition) is 8. The van der Waals surface area contributed by atoms with Crippen molar-refractivity contribution in [3.05, 3.63) is 0 Å². The van der Waals surface area contributed by atoms with E-state index in [1.165, 1.54) is 7.11 Å². The fourth-order valence-corrected chi connectivity index (χ4v) is 3.87. The summed E-state index contributed by atoms with van der Waals surface area (Å²) >= 11 is 2.25. The van der Waals surface area contributed by atoms with Crippen LogP contribution in [0.4, 0.5) is 0 Å². The van der Waals surface area contributed by atoms with Crippen molar-refractivity contribution in [3.8, 4) is 0 Å². The van der Waals surface area contributed by atoms with E-state index in [0.717, 1.165) is 23.5 Å². The maximum Gasteiger partial charge on any atom is 0.474 e. The highest BCUT2D eigenvalue weighted by molar-refractivity contribution is 8.14. The zero-order chi connectivity index (χ0) is 19.0. The third kappa shape index (κ3) is 10.2. The molecule has 6 nitrogen and oxygen atoms in total. The van der Waals surface area contributed by atoms with E-state index < -0.39 is 18.7 Å². The van der Waals surface area contributed by atoms with Crippen molar-refractivity contribution in [2.24, 2.45) is 10.8 Å². The molecule has 24 heavy (non-hydrogen) atoms. The largest absolute Gasteiger partial charge is 0.474 e. The maximum absolute atomic E-state index is 12.2. The summed E-state index contributed by atoms with van der Waals surface area (Å²) < 4.78 is 27.3. The van der Waals surface area contributed by atoms with Gasteiger partial charge in [0.15, 0.2) is 10.2 Å². The highest BCUT2D eigenvalue weighted by Gasteiger charge is 2.27. The van der Waals surface area contributed by atoms with Crippen LogP contribution in [0, 0.1) is 10.8 Å². The lowest BCUT2D eigenvalue weighted by atomic mass is 9.99. The molecule has 0 amide bonds. The van der Waals surface area contributed by atoms with Crippen molar-refractivity contribution in [2.75, 3.05) is 31.8 Å². The van der Waals surface area contributed by atoms with Gasteiger partial charge in [-0.3, -0.25) is 23.2 Å². The second-order valence-electron chi connectivity index (χ2n) is 7.07. The van der Waals surface area contributed by atoms with Crippen LogP contribution in [0.2, 0.25) is 0 Å². The molecule has 0 spiro atoms. The smallest absolute Gasteiger partial charge is 0.290 e. The molecular formula is C15H29O6PS2. The summed E-state index contributed by atoms with van der Waals surface area (Å²) in [5, 5.41) is 0.0766. The van der Waals surface area contributed by atoms with E-state index in [-0.39, 0.29) is 23.4 Å². The Balaban J connectivity index is 4.11. The zero-order valence-electron chi connectivity index (χ0n) is 15.5. The third-order valence-corrected chi connectivity index (χ3v) is 6.52. The summed E-state index contributed by atoms with van der Waals surface area (Å²) in [5.41, 5.74) is -0.855. The number of phosphoric acid groups is 1. The molecule has 0 radical (unpaired) electrons. The number of hydrogen-bond donors (Lipinski definition) is 0. The molecule has 0 saturated heterocycles. The van der Waals surface area contributed by atoms with Gasteiger partial charge in [0.05, 0.1) is 13.2 Å². The van der Waals surface area contributed by atoms with Gasteiger partial charge in [-0.15, -0.1) is 0 Å². The SMILES string of the molecule is COP(=O)(OCCSC(=O)C(C)(C)C)OCCSC(=O)C(C)(C)C. The first-order chi connectivity index (χ1) is 10.8. The van der Waals surface area contributed by atoms with E-state index in [9.17, 15) is 14.2 Å². The summed E-state index contributed by atoms with van der Waals surface area (Å²) in [7, 11) is -2.41. The minimum absolute atomic E-state index is 0.0383. The van der Waals surface area contributed by atoms with Gasteiger partial charge in [-0.2, -0.15) is 0 Å². The van der Waals surface area contributed by atoms with Crippen LogP contribution in [0.25, 0.3) is 0 Å². The summed E-state index contributed by atoms with van der Waals surface area (Å²) in [6.07, 6.45) is 0. The van der Waals surface area contributed by atoms with Gasteiger partial charge in [0, 0.05) is 29.4 Å². The fraction of sp³-hybridized carbons (Fsp3) is 0.867. The lowest BCUT2D eigenvalue weighted by Crippen LogP contribution is -2.18. The molecular weight excluding hydrogens is 371 g/mol. The van der Waals surface area contributed by atoms with E-state index >= 15 is 0 Å². The molecule has 0 unspecified atom stereocenters. The lowest BCUT2D eigenvalue weighted by molar-refractivity contribution is -0.118. The van der Waals surface area contributed by atoms with Gasteiger partial charge in [0.2, 0.25) is 0 Å². The molecule has 0 aromatic carbocycles. The van der Waals surface area contributed by atoms with E-state index in [0.29, 0.717) is 11.5 Å². The van der Waals surface area contributed by atoms with Crippen molar-refractivity contribution >= 4 is 41.6 Å². The van der Waals surface area contributed by atoms with Gasteiger partial charge >= 0.3 is 7.82 Å². The van der Waals surface area contributed by atoms with Crippen LogP contribution in [0.3, 0.4) is 0 Å². The Hall–Kier alpha value is 0.150. The highest BCUT2D eigenvalue weighted by Crippen LogP contribution is 2.48. The second-order valence-corrected chi connectivity index (χ2v) is 11.0. The third-order valence-electron chi connectivity index (χ3n) is 2.58.